The van der Waals surface area contributed by atoms with Gasteiger partial charge in [0.15, 0.2) is 6.61 Å². The van der Waals surface area contributed by atoms with Gasteiger partial charge in [0.25, 0.3) is 5.91 Å². The first-order valence-corrected chi connectivity index (χ1v) is 9.99. The number of benzene rings is 2. The van der Waals surface area contributed by atoms with E-state index < -0.39 is 5.91 Å². The molecule has 0 heterocycles. The molecule has 2 aromatic carbocycles. The van der Waals surface area contributed by atoms with Crippen LogP contribution in [0.5, 0.6) is 5.75 Å². The van der Waals surface area contributed by atoms with Gasteiger partial charge >= 0.3 is 5.97 Å². The molecule has 0 fully saturated rings. The van der Waals surface area contributed by atoms with E-state index in [9.17, 15) is 14.4 Å². The minimum atomic E-state index is -0.470. The molecule has 2 rings (SSSR count). The Morgan fingerprint density at radius 1 is 0.867 bits per heavy atom. The van der Waals surface area contributed by atoms with Gasteiger partial charge in [0, 0.05) is 12.8 Å². The summed E-state index contributed by atoms with van der Waals surface area (Å²) in [6, 6.07) is 17.3. The van der Waals surface area contributed by atoms with E-state index in [0.29, 0.717) is 18.8 Å². The largest absolute Gasteiger partial charge is 0.484 e. The van der Waals surface area contributed by atoms with Gasteiger partial charge in [-0.05, 0) is 49.4 Å². The number of nitrogens with one attached hydrogen (secondary N) is 2. The number of amides is 2. The topological polar surface area (TPSA) is 93.7 Å². The van der Waals surface area contributed by atoms with Gasteiger partial charge in [0.05, 0.1) is 6.61 Å². The predicted octanol–water partition coefficient (Wildman–Crippen LogP) is 2.87. The molecule has 0 unspecified atom stereocenters. The number of carbonyl (C=O) groups excluding carboxylic acids is 3. The maximum absolute atomic E-state index is 11.7. The van der Waals surface area contributed by atoms with Gasteiger partial charge in [-0.2, -0.15) is 0 Å². The van der Waals surface area contributed by atoms with Gasteiger partial charge in [-0.15, -0.1) is 0 Å². The molecule has 2 N–H and O–H groups in total. The average Bonchev–Trinajstić information content (AvgIpc) is 2.74. The predicted molar refractivity (Wildman–Crippen MR) is 113 cm³/mol. The van der Waals surface area contributed by atoms with Gasteiger partial charge < -0.3 is 9.47 Å². The number of aryl methyl sites for hydroxylation is 2. The average molecular weight is 412 g/mol. The standard InChI is InChI=1S/C23H28N2O5/c1-18-8-5-12-20(16-18)30-17-22(27)25-24-21(26)13-6-14-23(28)29-15-7-11-19-9-3-2-4-10-19/h2-5,8-10,12,16H,6-7,11,13-15,17H2,1H3,(H,24,26)(H,25,27). The van der Waals surface area contributed by atoms with Gasteiger partial charge in [0.1, 0.15) is 5.75 Å². The zero-order chi connectivity index (χ0) is 21.6. The molecule has 0 saturated carbocycles. The van der Waals surface area contributed by atoms with E-state index >= 15 is 0 Å². The van der Waals surface area contributed by atoms with Crippen LogP contribution in [0.4, 0.5) is 0 Å². The number of hydrogen-bond donors (Lipinski definition) is 2. The SMILES string of the molecule is Cc1cccc(OCC(=O)NNC(=O)CCCC(=O)OCCCc2ccccc2)c1. The van der Waals surface area contributed by atoms with E-state index in [4.69, 9.17) is 9.47 Å². The molecule has 0 aliphatic carbocycles. The summed E-state index contributed by atoms with van der Waals surface area (Å²) in [7, 11) is 0. The third kappa shape index (κ3) is 9.73. The van der Waals surface area contributed by atoms with Crippen molar-refractivity contribution in [2.75, 3.05) is 13.2 Å². The van der Waals surface area contributed by atoms with Crippen LogP contribution in [0.3, 0.4) is 0 Å². The van der Waals surface area contributed by atoms with Crippen LogP contribution < -0.4 is 15.6 Å². The molecule has 0 saturated heterocycles. The minimum absolute atomic E-state index is 0.109. The van der Waals surface area contributed by atoms with Crippen molar-refractivity contribution in [1.29, 1.82) is 0 Å². The first-order chi connectivity index (χ1) is 14.5. The third-order valence-electron chi connectivity index (χ3n) is 4.20. The Labute approximate surface area is 176 Å². The van der Waals surface area contributed by atoms with Gasteiger partial charge in [-0.1, -0.05) is 42.5 Å². The zero-order valence-corrected chi connectivity index (χ0v) is 17.2. The lowest BCUT2D eigenvalue weighted by Crippen LogP contribution is -2.43. The Kier molecular flexibility index (Phi) is 9.92. The Morgan fingerprint density at radius 3 is 2.40 bits per heavy atom. The van der Waals surface area contributed by atoms with Crippen LogP contribution in [-0.4, -0.2) is 31.0 Å². The first kappa shape index (κ1) is 22.9. The zero-order valence-electron chi connectivity index (χ0n) is 17.2. The second kappa shape index (κ2) is 13.0. The Balaban J connectivity index is 1.48. The molecule has 0 atom stereocenters. The molecule has 2 amide bonds. The fraction of sp³-hybridized carbons (Fsp3) is 0.348. The fourth-order valence-electron chi connectivity index (χ4n) is 2.66. The van der Waals surface area contributed by atoms with E-state index in [1.54, 1.807) is 6.07 Å². The van der Waals surface area contributed by atoms with Crippen LogP contribution in [-0.2, 0) is 25.5 Å². The molecule has 0 radical (unpaired) electrons. The summed E-state index contributed by atoms with van der Waals surface area (Å²) in [5.41, 5.74) is 6.82. The summed E-state index contributed by atoms with van der Waals surface area (Å²) in [4.78, 5) is 35.2. The van der Waals surface area contributed by atoms with Crippen LogP contribution >= 0.6 is 0 Å². The van der Waals surface area contributed by atoms with Crippen molar-refractivity contribution in [3.63, 3.8) is 0 Å². The molecule has 0 aromatic heterocycles. The second-order valence-corrected chi connectivity index (χ2v) is 6.86. The van der Waals surface area contributed by atoms with Gasteiger partial charge in [-0.25, -0.2) is 0 Å². The highest BCUT2D eigenvalue weighted by Gasteiger charge is 2.08. The third-order valence-corrected chi connectivity index (χ3v) is 4.20. The highest BCUT2D eigenvalue weighted by atomic mass is 16.5. The number of hydrazine groups is 1. The first-order valence-electron chi connectivity index (χ1n) is 9.99. The maximum atomic E-state index is 11.7. The summed E-state index contributed by atoms with van der Waals surface area (Å²) in [6.45, 7) is 2.07. The molecule has 7 heteroatoms. The smallest absolute Gasteiger partial charge is 0.305 e. The summed E-state index contributed by atoms with van der Waals surface area (Å²) in [6.07, 6.45) is 2.22. The maximum Gasteiger partial charge on any atom is 0.305 e. The number of carbonyl (C=O) groups is 3. The lowest BCUT2D eigenvalue weighted by Gasteiger charge is -2.09. The van der Waals surface area contributed by atoms with Crippen molar-refractivity contribution in [2.45, 2.75) is 39.0 Å². The van der Waals surface area contributed by atoms with Crippen LogP contribution in [0.25, 0.3) is 0 Å². The van der Waals surface area contributed by atoms with Crippen molar-refractivity contribution in [2.24, 2.45) is 0 Å². The lowest BCUT2D eigenvalue weighted by atomic mass is 10.1. The summed E-state index contributed by atoms with van der Waals surface area (Å²) in [5, 5.41) is 0. The molecule has 0 spiro atoms. The Morgan fingerprint density at radius 2 is 1.63 bits per heavy atom. The monoisotopic (exact) mass is 412 g/mol. The number of hydrogen-bond acceptors (Lipinski definition) is 5. The van der Waals surface area contributed by atoms with E-state index in [2.05, 4.69) is 10.9 Å². The van der Waals surface area contributed by atoms with Crippen molar-refractivity contribution in [1.82, 2.24) is 10.9 Å². The molecular weight excluding hydrogens is 384 g/mol. The molecular formula is C23H28N2O5. The van der Waals surface area contributed by atoms with Crippen LogP contribution in [0.2, 0.25) is 0 Å². The highest BCUT2D eigenvalue weighted by molar-refractivity contribution is 5.83. The number of esters is 1. The van der Waals surface area contributed by atoms with Crippen LogP contribution in [0.15, 0.2) is 54.6 Å². The van der Waals surface area contributed by atoms with Gasteiger partial charge in [0.2, 0.25) is 5.91 Å². The highest BCUT2D eigenvalue weighted by Crippen LogP contribution is 2.11. The normalized spacial score (nSPS) is 10.2. The number of ether oxygens (including phenoxy) is 2. The summed E-state index contributed by atoms with van der Waals surface area (Å²) < 4.78 is 10.5. The second-order valence-electron chi connectivity index (χ2n) is 6.86. The lowest BCUT2D eigenvalue weighted by molar-refractivity contribution is -0.144. The minimum Gasteiger partial charge on any atom is -0.484 e. The molecule has 0 bridgehead atoms. The summed E-state index contributed by atoms with van der Waals surface area (Å²) >= 11 is 0. The molecule has 7 nitrogen and oxygen atoms in total. The van der Waals surface area contributed by atoms with Crippen molar-refractivity contribution in [3.8, 4) is 5.75 Å². The van der Waals surface area contributed by atoms with Gasteiger partial charge in [-0.3, -0.25) is 25.2 Å². The Hall–Kier alpha value is -3.35. The van der Waals surface area contributed by atoms with Crippen molar-refractivity contribution in [3.05, 3.63) is 65.7 Å². The quantitative estimate of drug-likeness (QED) is 0.336. The fourth-order valence-corrected chi connectivity index (χ4v) is 2.66. The van der Waals surface area contributed by atoms with Crippen molar-refractivity contribution < 1.29 is 23.9 Å². The van der Waals surface area contributed by atoms with E-state index in [0.717, 1.165) is 18.4 Å². The van der Waals surface area contributed by atoms with Crippen LogP contribution in [0.1, 0.15) is 36.8 Å². The van der Waals surface area contributed by atoms with E-state index in [1.165, 1.54) is 5.56 Å². The molecule has 160 valence electrons. The van der Waals surface area contributed by atoms with E-state index in [-0.39, 0.29) is 31.3 Å². The van der Waals surface area contributed by atoms with E-state index in [1.807, 2.05) is 55.5 Å². The number of rotatable bonds is 11. The molecule has 2 aromatic rings. The summed E-state index contributed by atoms with van der Waals surface area (Å²) in [5.74, 6) is -0.594. The van der Waals surface area contributed by atoms with Crippen LogP contribution in [0, 0.1) is 6.92 Å². The Bertz CT molecular complexity index is 823. The molecule has 30 heavy (non-hydrogen) atoms. The molecule has 0 aliphatic rings. The van der Waals surface area contributed by atoms with Crippen molar-refractivity contribution >= 4 is 17.8 Å². The molecule has 0 aliphatic heterocycles.